The van der Waals surface area contributed by atoms with E-state index in [0.29, 0.717) is 0 Å². The van der Waals surface area contributed by atoms with E-state index in [1.165, 1.54) is 83.3 Å². The molecule has 0 saturated carbocycles. The predicted octanol–water partition coefficient (Wildman–Crippen LogP) is 7.38. The molecule has 0 saturated heterocycles. The molecule has 0 aliphatic carbocycles. The molecule has 1 heterocycles. The Morgan fingerprint density at radius 2 is 1.43 bits per heavy atom. The van der Waals surface area contributed by atoms with Crippen molar-refractivity contribution in [1.82, 2.24) is 0 Å². The van der Waals surface area contributed by atoms with Gasteiger partial charge in [-0.2, -0.15) is 0 Å². The molecule has 28 heavy (non-hydrogen) atoms. The van der Waals surface area contributed by atoms with Crippen LogP contribution in [-0.2, 0) is 6.42 Å². The monoisotopic (exact) mass is 368 g/mol. The quantitative estimate of drug-likeness (QED) is 0.227. The topological polar surface area (TPSA) is 14.1 Å². The first kappa shape index (κ1) is 18.7. The lowest BCUT2D eigenvalue weighted by molar-refractivity contribution is -0.362. The number of pyridine rings is 1. The van der Waals surface area contributed by atoms with Gasteiger partial charge < -0.3 is 0 Å². The minimum absolute atomic E-state index is 1.19. The van der Waals surface area contributed by atoms with E-state index in [9.17, 15) is 0 Å². The van der Waals surface area contributed by atoms with Crippen LogP contribution in [0.3, 0.4) is 0 Å². The van der Waals surface area contributed by atoms with Gasteiger partial charge in [0.15, 0.2) is 6.20 Å². The van der Waals surface area contributed by atoms with E-state index < -0.39 is 0 Å². The van der Waals surface area contributed by atoms with Crippen LogP contribution in [-0.4, -0.2) is 0 Å². The van der Waals surface area contributed by atoms with Gasteiger partial charge >= 0.3 is 0 Å². The number of aromatic nitrogens is 1. The maximum absolute atomic E-state index is 3.48. The van der Waals surface area contributed by atoms with Crippen LogP contribution in [0.1, 0.15) is 51.0 Å². The van der Waals surface area contributed by atoms with E-state index in [-0.39, 0.29) is 0 Å². The van der Waals surface area contributed by atoms with Gasteiger partial charge in [-0.3, -0.25) is 0 Å². The maximum atomic E-state index is 3.48. The van der Waals surface area contributed by atoms with E-state index in [4.69, 9.17) is 0 Å². The van der Waals surface area contributed by atoms with Gasteiger partial charge in [-0.25, -0.2) is 4.98 Å². The van der Waals surface area contributed by atoms with Crippen LogP contribution >= 0.6 is 0 Å². The Labute approximate surface area is 168 Å². The second kappa shape index (κ2) is 9.01. The normalized spacial score (nSPS) is 11.3. The lowest BCUT2D eigenvalue weighted by atomic mass is 9.97. The minimum atomic E-state index is 1.19. The highest BCUT2D eigenvalue weighted by molar-refractivity contribution is 6.10. The van der Waals surface area contributed by atoms with E-state index in [0.717, 1.165) is 0 Å². The molecule has 0 fully saturated rings. The molecule has 0 radical (unpaired) electrons. The summed E-state index contributed by atoms with van der Waals surface area (Å²) in [6, 6.07) is 24.4. The van der Waals surface area contributed by atoms with Crippen LogP contribution in [0.2, 0.25) is 0 Å². The second-order valence-electron chi connectivity index (χ2n) is 7.82. The third kappa shape index (κ3) is 4.09. The van der Waals surface area contributed by atoms with Gasteiger partial charge in [0.2, 0.25) is 5.69 Å². The molecule has 0 spiro atoms. The van der Waals surface area contributed by atoms with E-state index in [1.807, 2.05) is 0 Å². The summed E-state index contributed by atoms with van der Waals surface area (Å²) in [5, 5.41) is 5.20. The van der Waals surface area contributed by atoms with Crippen molar-refractivity contribution < 1.29 is 4.98 Å². The smallest absolute Gasteiger partial charge is 0.211 e. The van der Waals surface area contributed by atoms with Crippen molar-refractivity contribution in [3.8, 4) is 11.3 Å². The molecular formula is C27H30N+. The fraction of sp³-hybridized carbons (Fsp3) is 0.296. The fourth-order valence-electron chi connectivity index (χ4n) is 4.17. The molecule has 4 rings (SSSR count). The summed E-state index contributed by atoms with van der Waals surface area (Å²) in [6.07, 6.45) is 11.4. The standard InChI is InChI=1S/C27H29N/c1-2-3-4-5-6-7-10-21-13-15-23(16-14-21)27-26-18-17-22-11-8-9-12-24(22)25(26)19-20-28-27/h8-9,11-20H,2-7,10H2,1H3/p+1. The van der Waals surface area contributed by atoms with Gasteiger partial charge in [0.25, 0.3) is 0 Å². The molecule has 1 nitrogen and oxygen atoms in total. The van der Waals surface area contributed by atoms with Gasteiger partial charge in [-0.05, 0) is 47.4 Å². The summed E-state index contributed by atoms with van der Waals surface area (Å²) >= 11 is 0. The number of nitrogens with one attached hydrogen (secondary N) is 1. The summed E-state index contributed by atoms with van der Waals surface area (Å²) in [5.74, 6) is 0. The van der Waals surface area contributed by atoms with Crippen molar-refractivity contribution in [2.24, 2.45) is 0 Å². The Bertz CT molecular complexity index is 1050. The summed E-state index contributed by atoms with van der Waals surface area (Å²) in [5.41, 5.74) is 3.91. The van der Waals surface area contributed by atoms with E-state index in [1.54, 1.807) is 0 Å². The third-order valence-electron chi connectivity index (χ3n) is 5.78. The average Bonchev–Trinajstić information content (AvgIpc) is 2.76. The molecule has 4 aromatic rings. The predicted molar refractivity (Wildman–Crippen MR) is 121 cm³/mol. The zero-order valence-electron chi connectivity index (χ0n) is 16.9. The van der Waals surface area contributed by atoms with Crippen molar-refractivity contribution in [2.75, 3.05) is 0 Å². The molecule has 142 valence electrons. The largest absolute Gasteiger partial charge is 0.218 e. The number of H-pyrrole nitrogens is 1. The molecule has 0 bridgehead atoms. The summed E-state index contributed by atoms with van der Waals surface area (Å²) in [6.45, 7) is 2.28. The highest BCUT2D eigenvalue weighted by Crippen LogP contribution is 2.30. The Kier molecular flexibility index (Phi) is 6.01. The Morgan fingerprint density at radius 3 is 2.29 bits per heavy atom. The first-order valence-electron chi connectivity index (χ1n) is 10.8. The van der Waals surface area contributed by atoms with Gasteiger partial charge in [0, 0.05) is 17.0 Å². The SMILES string of the molecule is CCCCCCCCc1ccc(-c2[nH+]ccc3c2ccc2ccccc23)cc1. The lowest BCUT2D eigenvalue weighted by Gasteiger charge is -2.06. The van der Waals surface area contributed by atoms with Gasteiger partial charge in [-0.1, -0.05) is 81.5 Å². The number of aromatic amines is 1. The number of hydrogen-bond donors (Lipinski definition) is 0. The van der Waals surface area contributed by atoms with Crippen LogP contribution in [0.15, 0.2) is 72.9 Å². The number of hydrogen-bond acceptors (Lipinski definition) is 0. The third-order valence-corrected chi connectivity index (χ3v) is 5.78. The van der Waals surface area contributed by atoms with Crippen molar-refractivity contribution in [2.45, 2.75) is 51.9 Å². The van der Waals surface area contributed by atoms with Crippen LogP contribution in [0.5, 0.6) is 0 Å². The van der Waals surface area contributed by atoms with Crippen molar-refractivity contribution >= 4 is 21.5 Å². The maximum Gasteiger partial charge on any atom is 0.218 e. The summed E-state index contributed by atoms with van der Waals surface area (Å²) < 4.78 is 0. The number of benzene rings is 3. The number of rotatable bonds is 8. The molecule has 1 N–H and O–H groups in total. The van der Waals surface area contributed by atoms with Crippen LogP contribution in [0.25, 0.3) is 32.8 Å². The summed E-state index contributed by atoms with van der Waals surface area (Å²) in [4.78, 5) is 3.48. The molecule has 0 aliphatic heterocycles. The highest BCUT2D eigenvalue weighted by Gasteiger charge is 2.12. The fourth-order valence-corrected chi connectivity index (χ4v) is 4.17. The van der Waals surface area contributed by atoms with Crippen LogP contribution in [0.4, 0.5) is 0 Å². The van der Waals surface area contributed by atoms with Crippen molar-refractivity contribution in [3.63, 3.8) is 0 Å². The lowest BCUT2D eigenvalue weighted by Crippen LogP contribution is -2.06. The Hall–Kier alpha value is -2.67. The molecule has 0 amide bonds. The van der Waals surface area contributed by atoms with Crippen molar-refractivity contribution in [3.05, 3.63) is 78.5 Å². The summed E-state index contributed by atoms with van der Waals surface area (Å²) in [7, 11) is 0. The minimum Gasteiger partial charge on any atom is -0.211 e. The van der Waals surface area contributed by atoms with E-state index in [2.05, 4.69) is 84.8 Å². The van der Waals surface area contributed by atoms with E-state index >= 15 is 0 Å². The van der Waals surface area contributed by atoms with Crippen molar-refractivity contribution in [1.29, 1.82) is 0 Å². The molecule has 0 atom stereocenters. The first-order valence-corrected chi connectivity index (χ1v) is 10.8. The second-order valence-corrected chi connectivity index (χ2v) is 7.82. The highest BCUT2D eigenvalue weighted by atomic mass is 14.7. The van der Waals surface area contributed by atoms with Crippen LogP contribution in [0, 0.1) is 0 Å². The number of fused-ring (bicyclic) bond motifs is 3. The zero-order chi connectivity index (χ0) is 19.2. The molecule has 1 aromatic heterocycles. The van der Waals surface area contributed by atoms with Gasteiger partial charge in [-0.15, -0.1) is 0 Å². The molecular weight excluding hydrogens is 338 g/mol. The number of unbranched alkanes of at least 4 members (excludes halogenated alkanes) is 5. The molecule has 3 aromatic carbocycles. The van der Waals surface area contributed by atoms with Crippen LogP contribution < -0.4 is 4.98 Å². The Balaban J connectivity index is 1.53. The molecule has 0 aliphatic rings. The Morgan fingerprint density at radius 1 is 0.643 bits per heavy atom. The van der Waals surface area contributed by atoms with Gasteiger partial charge in [0.05, 0.1) is 5.39 Å². The zero-order valence-corrected chi connectivity index (χ0v) is 16.9. The average molecular weight is 369 g/mol. The van der Waals surface area contributed by atoms with Gasteiger partial charge in [0.1, 0.15) is 0 Å². The first-order chi connectivity index (χ1) is 13.9. The number of aryl methyl sites for hydroxylation is 1. The molecule has 0 unspecified atom stereocenters. The molecule has 1 heteroatoms.